The minimum atomic E-state index is -0.390. The molecule has 0 bridgehead atoms. The third-order valence-corrected chi connectivity index (χ3v) is 4.12. The molecule has 0 radical (unpaired) electrons. The Kier molecular flexibility index (Phi) is 4.67. The summed E-state index contributed by atoms with van der Waals surface area (Å²) >= 11 is 0. The van der Waals surface area contributed by atoms with Crippen LogP contribution in [0.2, 0.25) is 0 Å². The summed E-state index contributed by atoms with van der Waals surface area (Å²) < 4.78 is 16.3. The maximum absolute atomic E-state index is 12.2. The number of hydrogen-bond donors (Lipinski definition) is 0. The summed E-state index contributed by atoms with van der Waals surface area (Å²) in [6, 6.07) is 10.9. The van der Waals surface area contributed by atoms with Gasteiger partial charge in [-0.3, -0.25) is 0 Å². The van der Waals surface area contributed by atoms with E-state index in [4.69, 9.17) is 13.9 Å². The van der Waals surface area contributed by atoms with E-state index in [1.807, 2.05) is 24.3 Å². The van der Waals surface area contributed by atoms with Crippen molar-refractivity contribution in [2.45, 2.75) is 18.9 Å². The van der Waals surface area contributed by atoms with Gasteiger partial charge in [0.2, 0.25) is 5.76 Å². The molecule has 0 aliphatic carbocycles. The van der Waals surface area contributed by atoms with E-state index in [1.54, 1.807) is 19.2 Å². The first kappa shape index (κ1) is 15.6. The maximum atomic E-state index is 12.2. The Hall–Kier alpha value is -2.27. The average molecular weight is 315 g/mol. The number of rotatable bonds is 4. The van der Waals surface area contributed by atoms with E-state index in [1.165, 1.54) is 0 Å². The van der Waals surface area contributed by atoms with Crippen molar-refractivity contribution in [3.63, 3.8) is 0 Å². The lowest BCUT2D eigenvalue weighted by Crippen LogP contribution is -2.35. The summed E-state index contributed by atoms with van der Waals surface area (Å²) in [5.74, 6) is 1.28. The van der Waals surface area contributed by atoms with Crippen molar-refractivity contribution in [3.8, 4) is 17.1 Å². The fraction of sp³-hybridized carbons (Fsp3) is 0.389. The van der Waals surface area contributed by atoms with Crippen molar-refractivity contribution >= 4 is 5.97 Å². The number of esters is 1. The van der Waals surface area contributed by atoms with Crippen LogP contribution in [0.15, 0.2) is 40.8 Å². The van der Waals surface area contributed by atoms with Crippen molar-refractivity contribution in [1.29, 1.82) is 0 Å². The molecule has 2 aromatic rings. The lowest BCUT2D eigenvalue weighted by Gasteiger charge is -2.28. The number of furan rings is 1. The monoisotopic (exact) mass is 315 g/mol. The fourth-order valence-corrected chi connectivity index (χ4v) is 2.67. The lowest BCUT2D eigenvalue weighted by molar-refractivity contribution is 0.0108. The summed E-state index contributed by atoms with van der Waals surface area (Å²) in [6.07, 6.45) is 1.72. The van der Waals surface area contributed by atoms with Crippen LogP contribution < -0.4 is 4.74 Å². The van der Waals surface area contributed by atoms with E-state index in [-0.39, 0.29) is 17.8 Å². The van der Waals surface area contributed by atoms with Gasteiger partial charge in [-0.25, -0.2) is 4.79 Å². The Morgan fingerprint density at radius 1 is 1.13 bits per heavy atom. The van der Waals surface area contributed by atoms with Gasteiger partial charge in [0.1, 0.15) is 17.6 Å². The second-order valence-corrected chi connectivity index (χ2v) is 5.80. The topological polar surface area (TPSA) is 51.9 Å². The van der Waals surface area contributed by atoms with Crippen molar-refractivity contribution in [3.05, 3.63) is 42.2 Å². The molecular weight excluding hydrogens is 294 g/mol. The van der Waals surface area contributed by atoms with E-state index in [0.717, 1.165) is 37.2 Å². The largest absolute Gasteiger partial charge is 0.497 e. The molecule has 0 amide bonds. The summed E-state index contributed by atoms with van der Waals surface area (Å²) in [5, 5.41) is 0. The number of nitrogens with zero attached hydrogens (tertiary/aromatic N) is 1. The number of carbonyl (C=O) groups excluding carboxylic acids is 1. The first-order valence-electron chi connectivity index (χ1n) is 7.79. The molecule has 0 spiro atoms. The van der Waals surface area contributed by atoms with Crippen LogP contribution in [0.25, 0.3) is 11.3 Å². The number of methoxy groups -OCH3 is 1. The van der Waals surface area contributed by atoms with Crippen LogP contribution in [0, 0.1) is 0 Å². The molecule has 5 heteroatoms. The zero-order valence-corrected chi connectivity index (χ0v) is 13.5. The Bertz CT molecular complexity index is 654. The first-order chi connectivity index (χ1) is 11.2. The number of benzene rings is 1. The number of ether oxygens (including phenoxy) is 2. The molecule has 1 saturated heterocycles. The summed E-state index contributed by atoms with van der Waals surface area (Å²) in [6.45, 7) is 1.90. The highest BCUT2D eigenvalue weighted by Crippen LogP contribution is 2.25. The molecule has 5 nitrogen and oxygen atoms in total. The van der Waals surface area contributed by atoms with E-state index < -0.39 is 0 Å². The molecule has 1 fully saturated rings. The number of hydrogen-bond acceptors (Lipinski definition) is 5. The Morgan fingerprint density at radius 2 is 1.83 bits per heavy atom. The molecule has 122 valence electrons. The molecule has 0 unspecified atom stereocenters. The van der Waals surface area contributed by atoms with E-state index in [9.17, 15) is 4.79 Å². The number of likely N-dealkylation sites (tertiary alicyclic amines) is 1. The maximum Gasteiger partial charge on any atom is 0.374 e. The predicted octanol–water partition coefficient (Wildman–Crippen LogP) is 3.21. The molecule has 0 saturated carbocycles. The van der Waals surface area contributed by atoms with Crippen molar-refractivity contribution < 1.29 is 18.7 Å². The molecule has 1 aliphatic rings. The average Bonchev–Trinajstić information content (AvgIpc) is 3.07. The second kappa shape index (κ2) is 6.87. The van der Waals surface area contributed by atoms with Crippen LogP contribution in [0.5, 0.6) is 5.75 Å². The molecule has 1 aromatic heterocycles. The standard InChI is InChI=1S/C18H21NO4/c1-19-11-9-15(10-12-19)22-18(20)17-8-7-16(23-17)13-3-5-14(21-2)6-4-13/h3-8,15H,9-12H2,1-2H3. The smallest absolute Gasteiger partial charge is 0.374 e. The molecule has 2 heterocycles. The minimum absolute atomic E-state index is 0.0202. The highest BCUT2D eigenvalue weighted by atomic mass is 16.6. The van der Waals surface area contributed by atoms with Crippen LogP contribution in [0.1, 0.15) is 23.4 Å². The molecule has 0 atom stereocenters. The van der Waals surface area contributed by atoms with Gasteiger partial charge in [-0.2, -0.15) is 0 Å². The Morgan fingerprint density at radius 3 is 2.48 bits per heavy atom. The second-order valence-electron chi connectivity index (χ2n) is 5.80. The van der Waals surface area contributed by atoms with E-state index in [2.05, 4.69) is 11.9 Å². The van der Waals surface area contributed by atoms with E-state index >= 15 is 0 Å². The third kappa shape index (κ3) is 3.74. The molecular formula is C18H21NO4. The van der Waals surface area contributed by atoms with Crippen LogP contribution in [0.4, 0.5) is 0 Å². The van der Waals surface area contributed by atoms with Gasteiger partial charge < -0.3 is 18.8 Å². The van der Waals surface area contributed by atoms with Gasteiger partial charge in [-0.15, -0.1) is 0 Å². The number of piperidine rings is 1. The van der Waals surface area contributed by atoms with Crippen molar-refractivity contribution in [2.75, 3.05) is 27.2 Å². The molecule has 1 aliphatic heterocycles. The van der Waals surface area contributed by atoms with Gasteiger partial charge in [0.05, 0.1) is 7.11 Å². The predicted molar refractivity (Wildman–Crippen MR) is 86.6 cm³/mol. The number of carbonyl (C=O) groups is 1. The van der Waals surface area contributed by atoms with Crippen LogP contribution >= 0.6 is 0 Å². The van der Waals surface area contributed by atoms with Crippen molar-refractivity contribution in [2.24, 2.45) is 0 Å². The lowest BCUT2D eigenvalue weighted by atomic mass is 10.1. The van der Waals surface area contributed by atoms with Crippen LogP contribution in [-0.2, 0) is 4.74 Å². The van der Waals surface area contributed by atoms with Gasteiger partial charge in [0.15, 0.2) is 0 Å². The Labute approximate surface area is 135 Å². The summed E-state index contributed by atoms with van der Waals surface area (Å²) in [5.41, 5.74) is 0.893. The van der Waals surface area contributed by atoms with Gasteiger partial charge in [0.25, 0.3) is 0 Å². The van der Waals surface area contributed by atoms with Gasteiger partial charge in [-0.1, -0.05) is 0 Å². The molecule has 23 heavy (non-hydrogen) atoms. The molecule has 3 rings (SSSR count). The fourth-order valence-electron chi connectivity index (χ4n) is 2.67. The molecule has 0 N–H and O–H groups in total. The Balaban J connectivity index is 1.64. The first-order valence-corrected chi connectivity index (χ1v) is 7.79. The minimum Gasteiger partial charge on any atom is -0.497 e. The van der Waals surface area contributed by atoms with Gasteiger partial charge in [-0.05, 0) is 56.3 Å². The zero-order valence-electron chi connectivity index (χ0n) is 13.5. The quantitative estimate of drug-likeness (QED) is 0.811. The SMILES string of the molecule is COc1ccc(-c2ccc(C(=O)OC3CCN(C)CC3)o2)cc1. The highest BCUT2D eigenvalue weighted by Gasteiger charge is 2.22. The normalized spacial score (nSPS) is 16.3. The molecule has 1 aromatic carbocycles. The van der Waals surface area contributed by atoms with E-state index in [0.29, 0.717) is 5.76 Å². The van der Waals surface area contributed by atoms with Gasteiger partial charge in [0, 0.05) is 18.7 Å². The third-order valence-electron chi connectivity index (χ3n) is 4.12. The van der Waals surface area contributed by atoms with Crippen LogP contribution in [-0.4, -0.2) is 44.2 Å². The highest BCUT2D eigenvalue weighted by molar-refractivity contribution is 5.87. The zero-order chi connectivity index (χ0) is 16.2. The van der Waals surface area contributed by atoms with Crippen LogP contribution in [0.3, 0.4) is 0 Å². The van der Waals surface area contributed by atoms with Crippen molar-refractivity contribution in [1.82, 2.24) is 4.90 Å². The summed E-state index contributed by atoms with van der Waals surface area (Å²) in [4.78, 5) is 14.4. The summed E-state index contributed by atoms with van der Waals surface area (Å²) in [7, 11) is 3.70. The van der Waals surface area contributed by atoms with Gasteiger partial charge >= 0.3 is 5.97 Å².